The molecule has 0 bridgehead atoms. The van der Waals surface area contributed by atoms with Crippen LogP contribution in [0.3, 0.4) is 0 Å². The van der Waals surface area contributed by atoms with Crippen molar-refractivity contribution >= 4 is 35.0 Å². The van der Waals surface area contributed by atoms with Gasteiger partial charge in [0.1, 0.15) is 12.3 Å². The molecule has 3 fully saturated rings. The Morgan fingerprint density at radius 3 is 2.49 bits per heavy atom. The molecule has 1 heterocycles. The molecule has 3 saturated carbocycles. The van der Waals surface area contributed by atoms with E-state index >= 15 is 4.39 Å². The van der Waals surface area contributed by atoms with Gasteiger partial charge in [0.15, 0.2) is 17.5 Å². The van der Waals surface area contributed by atoms with E-state index in [1.165, 1.54) is 11.8 Å². The van der Waals surface area contributed by atoms with Crippen LogP contribution in [-0.4, -0.2) is 64.0 Å². The van der Waals surface area contributed by atoms with Crippen molar-refractivity contribution in [3.8, 4) is 0 Å². The summed E-state index contributed by atoms with van der Waals surface area (Å²) >= 11 is 14.4. The first-order chi connectivity index (χ1) is 17.8. The summed E-state index contributed by atoms with van der Waals surface area (Å²) in [5.41, 5.74) is 1.90. The maximum Gasteiger partial charge on any atom is 0.168 e. The summed E-state index contributed by atoms with van der Waals surface area (Å²) in [4.78, 5) is 4.96. The standard InChI is InChI=1S/C27H38Cl2F4N2OS/c1-36-23-12-14(8-9-18(23)29)15-4-2-7-21-26(15)35(22-11-10-20(31)24(32)25(22)33)27(34-21)37-13-16-17(28)5-3-6-19(16)30/h14-20,22-25H,2-13H2,1H3. The van der Waals surface area contributed by atoms with E-state index in [2.05, 4.69) is 0 Å². The van der Waals surface area contributed by atoms with E-state index in [9.17, 15) is 13.2 Å². The predicted octanol–water partition coefficient (Wildman–Crippen LogP) is 7.91. The molecule has 4 aliphatic carbocycles. The highest BCUT2D eigenvalue weighted by Gasteiger charge is 2.46. The maximum atomic E-state index is 15.5. The molecular formula is C27H38Cl2F4N2OS. The van der Waals surface area contributed by atoms with Gasteiger partial charge in [-0.15, -0.1) is 23.2 Å². The number of methoxy groups -OCH3 is 1. The van der Waals surface area contributed by atoms with E-state index in [1.54, 1.807) is 7.11 Å². The van der Waals surface area contributed by atoms with Crippen molar-refractivity contribution in [2.45, 2.75) is 129 Å². The Morgan fingerprint density at radius 2 is 1.73 bits per heavy atom. The van der Waals surface area contributed by atoms with E-state index in [-0.39, 0.29) is 41.5 Å². The molecule has 37 heavy (non-hydrogen) atoms. The Kier molecular flexibility index (Phi) is 9.30. The molecule has 4 aliphatic rings. The number of thioether (sulfide) groups is 1. The van der Waals surface area contributed by atoms with Gasteiger partial charge in [-0.2, -0.15) is 0 Å². The SMILES string of the molecule is COC1CC(C2CCCc3nc(SCC4C(F)CCCC4Cl)n(C4CCC(F)C(F)C4F)c32)CCC1Cl. The van der Waals surface area contributed by atoms with E-state index < -0.39 is 30.7 Å². The molecule has 3 nitrogen and oxygen atoms in total. The minimum absolute atomic E-state index is 0.0178. The lowest BCUT2D eigenvalue weighted by Gasteiger charge is -2.40. The van der Waals surface area contributed by atoms with Gasteiger partial charge in [-0.1, -0.05) is 11.8 Å². The number of aryl methyl sites for hydroxylation is 1. The highest BCUT2D eigenvalue weighted by Crippen LogP contribution is 2.49. The molecule has 0 radical (unpaired) electrons. The molecule has 0 N–H and O–H groups in total. The average Bonchev–Trinajstić information content (AvgIpc) is 3.26. The Balaban J connectivity index is 1.49. The maximum absolute atomic E-state index is 15.5. The summed E-state index contributed by atoms with van der Waals surface area (Å²) in [6, 6.07) is -0.816. The van der Waals surface area contributed by atoms with Gasteiger partial charge in [0, 0.05) is 35.8 Å². The fraction of sp³-hybridized carbons (Fsp3) is 0.889. The fourth-order valence-corrected chi connectivity index (χ4v) is 9.33. The van der Waals surface area contributed by atoms with Crippen molar-refractivity contribution in [2.24, 2.45) is 11.8 Å². The van der Waals surface area contributed by atoms with Gasteiger partial charge < -0.3 is 9.30 Å². The zero-order valence-corrected chi connectivity index (χ0v) is 23.6. The van der Waals surface area contributed by atoms with Crippen LogP contribution < -0.4 is 0 Å². The van der Waals surface area contributed by atoms with Crippen molar-refractivity contribution in [2.75, 3.05) is 12.9 Å². The number of ether oxygens (including phenoxy) is 1. The van der Waals surface area contributed by atoms with Crippen LogP contribution in [0, 0.1) is 11.8 Å². The van der Waals surface area contributed by atoms with Crippen LogP contribution in [0.15, 0.2) is 5.16 Å². The van der Waals surface area contributed by atoms with Gasteiger partial charge in [0.25, 0.3) is 0 Å². The van der Waals surface area contributed by atoms with Crippen molar-refractivity contribution in [1.82, 2.24) is 9.55 Å². The molecule has 210 valence electrons. The summed E-state index contributed by atoms with van der Waals surface area (Å²) < 4.78 is 66.6. The molecular weight excluding hydrogens is 547 g/mol. The van der Waals surface area contributed by atoms with Crippen LogP contribution in [0.2, 0.25) is 0 Å². The Morgan fingerprint density at radius 1 is 0.919 bits per heavy atom. The largest absolute Gasteiger partial charge is 0.380 e. The van der Waals surface area contributed by atoms with Gasteiger partial charge in [0.05, 0.1) is 23.2 Å². The Hall–Kier alpha value is -0.180. The number of imidazole rings is 1. The molecule has 10 heteroatoms. The van der Waals surface area contributed by atoms with Crippen molar-refractivity contribution in [3.05, 3.63) is 11.4 Å². The number of alkyl halides is 6. The second-order valence-electron chi connectivity index (χ2n) is 11.4. The van der Waals surface area contributed by atoms with Crippen molar-refractivity contribution < 1.29 is 22.3 Å². The first-order valence-corrected chi connectivity index (χ1v) is 15.8. The summed E-state index contributed by atoms with van der Waals surface area (Å²) in [6.45, 7) is 0. The second-order valence-corrected chi connectivity index (χ2v) is 13.6. The van der Waals surface area contributed by atoms with E-state index in [0.29, 0.717) is 23.2 Å². The highest BCUT2D eigenvalue weighted by molar-refractivity contribution is 7.99. The van der Waals surface area contributed by atoms with Crippen LogP contribution in [-0.2, 0) is 11.2 Å². The third-order valence-corrected chi connectivity index (χ3v) is 11.4. The van der Waals surface area contributed by atoms with Crippen molar-refractivity contribution in [3.63, 3.8) is 0 Å². The predicted molar refractivity (Wildman–Crippen MR) is 141 cm³/mol. The van der Waals surface area contributed by atoms with Gasteiger partial charge in [-0.3, -0.25) is 0 Å². The van der Waals surface area contributed by atoms with Crippen LogP contribution in [0.4, 0.5) is 17.6 Å². The fourth-order valence-electron chi connectivity index (χ4n) is 7.16. The highest BCUT2D eigenvalue weighted by atomic mass is 35.5. The van der Waals surface area contributed by atoms with Crippen LogP contribution in [0.1, 0.15) is 87.6 Å². The normalized spacial score (nSPS) is 42.9. The number of fused-ring (bicyclic) bond motifs is 1. The van der Waals surface area contributed by atoms with Crippen molar-refractivity contribution in [1.29, 1.82) is 0 Å². The van der Waals surface area contributed by atoms with Gasteiger partial charge in [-0.25, -0.2) is 22.5 Å². The first kappa shape index (κ1) is 28.4. The van der Waals surface area contributed by atoms with Gasteiger partial charge >= 0.3 is 0 Å². The third kappa shape index (κ3) is 5.69. The zero-order chi connectivity index (χ0) is 26.3. The molecule has 1 aromatic heterocycles. The van der Waals surface area contributed by atoms with Crippen LogP contribution in [0.5, 0.6) is 0 Å². The monoisotopic (exact) mass is 584 g/mol. The molecule has 0 amide bonds. The van der Waals surface area contributed by atoms with E-state index in [4.69, 9.17) is 32.9 Å². The molecule has 11 unspecified atom stereocenters. The minimum Gasteiger partial charge on any atom is -0.380 e. The molecule has 0 aliphatic heterocycles. The number of halogens is 6. The quantitative estimate of drug-likeness (QED) is 0.193. The molecule has 11 atom stereocenters. The van der Waals surface area contributed by atoms with Gasteiger partial charge in [-0.05, 0) is 76.5 Å². The lowest BCUT2D eigenvalue weighted by atomic mass is 9.72. The second kappa shape index (κ2) is 12.1. The Bertz CT molecular complexity index is 915. The minimum atomic E-state index is -2.15. The topological polar surface area (TPSA) is 27.1 Å². The Labute approximate surface area is 231 Å². The molecule has 5 rings (SSSR count). The number of hydrogen-bond acceptors (Lipinski definition) is 3. The summed E-state index contributed by atoms with van der Waals surface area (Å²) in [5, 5.41) is 0.324. The number of hydrogen-bond donors (Lipinski definition) is 0. The van der Waals surface area contributed by atoms with Gasteiger partial charge in [0.2, 0.25) is 0 Å². The molecule has 0 spiro atoms. The zero-order valence-electron chi connectivity index (χ0n) is 21.3. The van der Waals surface area contributed by atoms with E-state index in [0.717, 1.165) is 62.8 Å². The molecule has 1 aromatic rings. The van der Waals surface area contributed by atoms with Crippen LogP contribution in [0.25, 0.3) is 0 Å². The number of nitrogens with zero attached hydrogens (tertiary/aromatic N) is 2. The number of rotatable bonds is 6. The summed E-state index contributed by atoms with van der Waals surface area (Å²) in [7, 11) is 1.69. The molecule has 0 saturated heterocycles. The third-order valence-electron chi connectivity index (χ3n) is 9.28. The van der Waals surface area contributed by atoms with E-state index in [1.807, 2.05) is 4.57 Å². The molecule has 0 aromatic carbocycles. The van der Waals surface area contributed by atoms with Crippen LogP contribution >= 0.6 is 35.0 Å². The number of aromatic nitrogens is 2. The lowest BCUT2D eigenvalue weighted by molar-refractivity contribution is 0.00582. The first-order valence-electron chi connectivity index (χ1n) is 13.9. The average molecular weight is 586 g/mol. The summed E-state index contributed by atoms with van der Waals surface area (Å²) in [6.07, 6.45) is 0.620. The smallest absolute Gasteiger partial charge is 0.168 e. The summed E-state index contributed by atoms with van der Waals surface area (Å²) in [5.74, 6) is 0.555. The lowest BCUT2D eigenvalue weighted by Crippen LogP contribution is -2.42.